The standard InChI is InChI=1S/C5H10S.2C4H8S2.2C4H8S/c1-3-4-5(2)6;1-3-4(5)6-2;1-3-6-4(2)5;2*1-3-4(2)5/h3-4H2,1-2H3;2*3H2,1-2H3;2*3H2,1-2H3. The zero-order valence-electron chi connectivity index (χ0n) is 19.6. The van der Waals surface area contributed by atoms with Crippen LogP contribution in [0.3, 0.4) is 0 Å². The van der Waals surface area contributed by atoms with Gasteiger partial charge in [0.1, 0.15) is 0 Å². The van der Waals surface area contributed by atoms with Crippen molar-refractivity contribution < 1.29 is 0 Å². The lowest BCUT2D eigenvalue weighted by atomic mass is 10.3. The van der Waals surface area contributed by atoms with Gasteiger partial charge in [-0.3, -0.25) is 0 Å². The van der Waals surface area contributed by atoms with Gasteiger partial charge in [-0.2, -0.15) is 0 Å². The number of rotatable bonds is 6. The maximum atomic E-state index is 4.82. The SMILES string of the molecule is CCC(=S)SC.CCC(C)=S.CCC(C)=S.CCCC(C)=S.CCSC(C)=S. The molecule has 0 nitrogen and oxygen atoms in total. The molecule has 0 saturated heterocycles. The molecular formula is C21H42S7. The van der Waals surface area contributed by atoms with Crippen LogP contribution < -0.4 is 0 Å². The van der Waals surface area contributed by atoms with Crippen molar-refractivity contribution in [1.82, 2.24) is 0 Å². The van der Waals surface area contributed by atoms with Gasteiger partial charge in [-0.25, -0.2) is 0 Å². The van der Waals surface area contributed by atoms with E-state index in [2.05, 4.69) is 34.6 Å². The second kappa shape index (κ2) is 35.6. The third-order valence-electron chi connectivity index (χ3n) is 2.46. The van der Waals surface area contributed by atoms with E-state index in [9.17, 15) is 0 Å². The lowest BCUT2D eigenvalue weighted by Gasteiger charge is -1.85. The summed E-state index contributed by atoms with van der Waals surface area (Å²) < 4.78 is 2.13. The van der Waals surface area contributed by atoms with Crippen molar-refractivity contribution in [1.29, 1.82) is 0 Å². The minimum Gasteiger partial charge on any atom is -0.122 e. The summed E-state index contributed by atoms with van der Waals surface area (Å²) >= 11 is 27.1. The molecule has 0 aromatic heterocycles. The molecule has 0 amide bonds. The molecular weight excluding hydrogens is 477 g/mol. The molecule has 168 valence electrons. The molecule has 0 heterocycles. The maximum absolute atomic E-state index is 4.82. The second-order valence-corrected chi connectivity index (χ2v) is 11.5. The zero-order valence-corrected chi connectivity index (χ0v) is 25.3. The fourth-order valence-electron chi connectivity index (χ4n) is 0.700. The molecule has 0 bridgehead atoms. The average molecular weight is 519 g/mol. The Balaban J connectivity index is -0.0000000789. The molecule has 0 spiro atoms. The molecule has 0 aliphatic rings. The van der Waals surface area contributed by atoms with Crippen LogP contribution in [0.25, 0.3) is 0 Å². The van der Waals surface area contributed by atoms with Crippen molar-refractivity contribution >= 4 is 108 Å². The van der Waals surface area contributed by atoms with E-state index in [1.807, 2.05) is 34.0 Å². The number of thiocarbonyl (C=S) groups is 5. The number of hydrogen-bond acceptors (Lipinski definition) is 7. The molecule has 0 N–H and O–H groups in total. The van der Waals surface area contributed by atoms with E-state index in [1.165, 1.54) is 6.42 Å². The van der Waals surface area contributed by atoms with Crippen molar-refractivity contribution in [3.05, 3.63) is 0 Å². The lowest BCUT2D eigenvalue weighted by molar-refractivity contribution is 1.00. The van der Waals surface area contributed by atoms with Crippen LogP contribution in [0.2, 0.25) is 0 Å². The van der Waals surface area contributed by atoms with E-state index in [-0.39, 0.29) is 0 Å². The molecule has 0 radical (unpaired) electrons. The highest BCUT2D eigenvalue weighted by Gasteiger charge is 1.82. The Morgan fingerprint density at radius 1 is 0.643 bits per heavy atom. The average Bonchev–Trinajstić information content (AvgIpc) is 2.62. The molecule has 0 rings (SSSR count). The molecule has 0 aliphatic carbocycles. The van der Waals surface area contributed by atoms with Gasteiger partial charge in [0, 0.05) is 8.39 Å². The summed E-state index contributed by atoms with van der Waals surface area (Å²) in [6.45, 7) is 18.3. The van der Waals surface area contributed by atoms with Crippen LogP contribution in [-0.2, 0) is 0 Å². The van der Waals surface area contributed by atoms with Crippen LogP contribution in [-0.4, -0.2) is 35.0 Å². The second-order valence-electron chi connectivity index (χ2n) is 5.42. The molecule has 7 heteroatoms. The predicted octanol–water partition coefficient (Wildman–Crippen LogP) is 9.92. The largest absolute Gasteiger partial charge is 0.122 e. The Bertz CT molecular complexity index is 366. The van der Waals surface area contributed by atoms with Crippen LogP contribution in [0.4, 0.5) is 0 Å². The van der Waals surface area contributed by atoms with Crippen LogP contribution >= 0.6 is 84.6 Å². The van der Waals surface area contributed by atoms with E-state index in [4.69, 9.17) is 61.1 Å². The van der Waals surface area contributed by atoms with Crippen LogP contribution in [0.1, 0.15) is 94.4 Å². The first-order valence-electron chi connectivity index (χ1n) is 9.58. The van der Waals surface area contributed by atoms with Gasteiger partial charge in [0.2, 0.25) is 0 Å². The van der Waals surface area contributed by atoms with Crippen molar-refractivity contribution in [3.8, 4) is 0 Å². The highest BCUT2D eigenvalue weighted by Crippen LogP contribution is 2.00. The van der Waals surface area contributed by atoms with Gasteiger partial charge in [0.05, 0.1) is 0 Å². The minimum atomic E-state index is 1.02. The highest BCUT2D eigenvalue weighted by molar-refractivity contribution is 8.23. The van der Waals surface area contributed by atoms with Gasteiger partial charge < -0.3 is 0 Å². The Labute approximate surface area is 212 Å². The summed E-state index contributed by atoms with van der Waals surface area (Å²) in [5, 5.41) is 0. The van der Waals surface area contributed by atoms with E-state index >= 15 is 0 Å². The lowest BCUT2D eigenvalue weighted by Crippen LogP contribution is -1.80. The van der Waals surface area contributed by atoms with Gasteiger partial charge >= 0.3 is 0 Å². The van der Waals surface area contributed by atoms with Crippen molar-refractivity contribution in [2.24, 2.45) is 0 Å². The number of hydrogen-bond donors (Lipinski definition) is 0. The topological polar surface area (TPSA) is 0 Å². The quantitative estimate of drug-likeness (QED) is 0.317. The van der Waals surface area contributed by atoms with Gasteiger partial charge in [-0.05, 0) is 80.0 Å². The van der Waals surface area contributed by atoms with E-state index < -0.39 is 0 Å². The van der Waals surface area contributed by atoms with Gasteiger partial charge in [0.15, 0.2) is 0 Å². The maximum Gasteiger partial charge on any atom is 0.0473 e. The van der Waals surface area contributed by atoms with Crippen LogP contribution in [0.5, 0.6) is 0 Å². The summed E-state index contributed by atoms with van der Waals surface area (Å²) in [6, 6.07) is 0. The highest BCUT2D eigenvalue weighted by atomic mass is 32.2. The van der Waals surface area contributed by atoms with Gasteiger partial charge in [-0.15, -0.1) is 23.5 Å². The molecule has 0 fully saturated rings. The van der Waals surface area contributed by atoms with Crippen LogP contribution in [0, 0.1) is 0 Å². The Morgan fingerprint density at radius 3 is 1.00 bits per heavy atom. The third kappa shape index (κ3) is 80.9. The van der Waals surface area contributed by atoms with Crippen LogP contribution in [0.15, 0.2) is 0 Å². The van der Waals surface area contributed by atoms with E-state index in [1.54, 1.807) is 23.5 Å². The van der Waals surface area contributed by atoms with Crippen molar-refractivity contribution in [2.45, 2.75) is 94.4 Å². The Hall–Kier alpha value is 1.15. The first-order chi connectivity index (χ1) is 12.9. The molecule has 0 saturated carbocycles. The molecule has 0 aromatic rings. The minimum absolute atomic E-state index is 1.02. The normalized spacial score (nSPS) is 8.07. The van der Waals surface area contributed by atoms with Gasteiger partial charge in [0.25, 0.3) is 0 Å². The van der Waals surface area contributed by atoms with E-state index in [0.29, 0.717) is 0 Å². The fourth-order valence-corrected chi connectivity index (χ4v) is 1.95. The monoisotopic (exact) mass is 518 g/mol. The molecule has 0 atom stereocenters. The summed E-state index contributed by atoms with van der Waals surface area (Å²) in [5.74, 6) is 1.11. The molecule has 0 aliphatic heterocycles. The van der Waals surface area contributed by atoms with Gasteiger partial charge in [-0.1, -0.05) is 102 Å². The first kappa shape index (κ1) is 39.6. The van der Waals surface area contributed by atoms with Crippen molar-refractivity contribution in [3.63, 3.8) is 0 Å². The Morgan fingerprint density at radius 2 is 1.00 bits per heavy atom. The number of thioether (sulfide) groups is 2. The van der Waals surface area contributed by atoms with Crippen molar-refractivity contribution in [2.75, 3.05) is 12.0 Å². The fraction of sp³-hybridized carbons (Fsp3) is 0.762. The Kier molecular flexibility index (Phi) is 50.3. The molecule has 28 heavy (non-hydrogen) atoms. The first-order valence-corrected chi connectivity index (χ1v) is 13.8. The predicted molar refractivity (Wildman–Crippen MR) is 163 cm³/mol. The zero-order chi connectivity index (χ0) is 23.5. The summed E-state index contributed by atoms with van der Waals surface area (Å²) in [6.07, 6.45) is 7.40. The van der Waals surface area contributed by atoms with E-state index in [0.717, 1.165) is 54.4 Å². The summed E-state index contributed by atoms with van der Waals surface area (Å²) in [4.78, 5) is 3.30. The third-order valence-corrected chi connectivity index (χ3v) is 5.82. The summed E-state index contributed by atoms with van der Waals surface area (Å²) in [7, 11) is 0. The summed E-state index contributed by atoms with van der Waals surface area (Å²) in [5.41, 5.74) is 0. The molecule has 0 aromatic carbocycles. The molecule has 0 unspecified atom stereocenters. The smallest absolute Gasteiger partial charge is 0.0473 e.